The first-order valence-corrected chi connectivity index (χ1v) is 8.95. The summed E-state index contributed by atoms with van der Waals surface area (Å²) < 4.78 is 5.27. The average Bonchev–Trinajstić information content (AvgIpc) is 3.32. The van der Waals surface area contributed by atoms with Gasteiger partial charge < -0.3 is 14.4 Å². The lowest BCUT2D eigenvalue weighted by Crippen LogP contribution is -2.34. The van der Waals surface area contributed by atoms with E-state index in [1.807, 2.05) is 30.3 Å². The van der Waals surface area contributed by atoms with Crippen LogP contribution in [0.5, 0.6) is 0 Å². The summed E-state index contributed by atoms with van der Waals surface area (Å²) in [7, 11) is 0. The Hall–Kier alpha value is -2.86. The van der Waals surface area contributed by atoms with Gasteiger partial charge in [0, 0.05) is 17.7 Å². The van der Waals surface area contributed by atoms with E-state index in [0.29, 0.717) is 18.0 Å². The molecule has 0 aliphatic rings. The van der Waals surface area contributed by atoms with Crippen molar-refractivity contribution in [3.05, 3.63) is 77.5 Å². The summed E-state index contributed by atoms with van der Waals surface area (Å²) in [6, 6.07) is 14.9. The van der Waals surface area contributed by atoms with E-state index >= 15 is 0 Å². The van der Waals surface area contributed by atoms with Crippen molar-refractivity contribution >= 4 is 5.91 Å². The topological polar surface area (TPSA) is 82.4 Å². The zero-order chi connectivity index (χ0) is 19.4. The highest BCUT2D eigenvalue weighted by Crippen LogP contribution is 2.22. The second kappa shape index (κ2) is 7.80. The van der Waals surface area contributed by atoms with Crippen LogP contribution in [0.1, 0.15) is 54.4 Å². The van der Waals surface area contributed by atoms with Gasteiger partial charge in [0.25, 0.3) is 5.91 Å². The maximum absolute atomic E-state index is 13.1. The fraction of sp³-hybridized carbons (Fsp3) is 0.333. The lowest BCUT2D eigenvalue weighted by Gasteiger charge is -2.24. The number of aromatic amines is 1. The van der Waals surface area contributed by atoms with Gasteiger partial charge in [0.15, 0.2) is 0 Å². The van der Waals surface area contributed by atoms with Crippen LogP contribution in [-0.2, 0) is 12.0 Å². The Morgan fingerprint density at radius 2 is 1.96 bits per heavy atom. The van der Waals surface area contributed by atoms with Gasteiger partial charge in [0.05, 0.1) is 12.8 Å². The molecule has 142 valence electrons. The third-order valence-electron chi connectivity index (χ3n) is 4.37. The number of benzene rings is 1. The Balaban J connectivity index is 1.83. The number of H-pyrrole nitrogens is 1. The number of furan rings is 1. The number of nitrogens with zero attached hydrogens (tertiary/aromatic N) is 2. The molecule has 6 heteroatoms. The van der Waals surface area contributed by atoms with Crippen molar-refractivity contribution < 1.29 is 14.3 Å². The quantitative estimate of drug-likeness (QED) is 0.696. The number of nitrogens with one attached hydrogen (secondary N) is 1. The standard InChI is InChI=1S/C21H25N3O3/c1-21(2,3)19-12-16(22-23-19)20(26)24(13-15-8-5-4-6-9-15)14-17(25)18-10-7-11-27-18/h4-12,17,25H,13-14H2,1-3H3,(H,22,23). The molecule has 1 atom stereocenters. The number of aromatic nitrogens is 2. The molecule has 0 aliphatic heterocycles. The molecule has 6 nitrogen and oxygen atoms in total. The largest absolute Gasteiger partial charge is 0.467 e. The first-order chi connectivity index (χ1) is 12.8. The minimum absolute atomic E-state index is 0.110. The van der Waals surface area contributed by atoms with Crippen molar-refractivity contribution in [1.82, 2.24) is 15.1 Å². The highest BCUT2D eigenvalue weighted by atomic mass is 16.4. The summed E-state index contributed by atoms with van der Waals surface area (Å²) in [5.74, 6) is 0.189. The number of aliphatic hydroxyl groups is 1. The molecule has 1 amide bonds. The molecule has 2 heterocycles. The van der Waals surface area contributed by atoms with Crippen LogP contribution in [0.25, 0.3) is 0 Å². The van der Waals surface area contributed by atoms with E-state index in [9.17, 15) is 9.90 Å². The van der Waals surface area contributed by atoms with E-state index in [-0.39, 0.29) is 17.9 Å². The molecule has 2 N–H and O–H groups in total. The molecule has 2 aromatic heterocycles. The number of carbonyl (C=O) groups is 1. The van der Waals surface area contributed by atoms with E-state index in [4.69, 9.17) is 4.42 Å². The molecular weight excluding hydrogens is 342 g/mol. The van der Waals surface area contributed by atoms with E-state index < -0.39 is 6.10 Å². The zero-order valence-electron chi connectivity index (χ0n) is 15.8. The number of aliphatic hydroxyl groups excluding tert-OH is 1. The molecule has 27 heavy (non-hydrogen) atoms. The van der Waals surface area contributed by atoms with E-state index in [1.165, 1.54) is 6.26 Å². The molecule has 3 aromatic rings. The predicted molar refractivity (Wildman–Crippen MR) is 102 cm³/mol. The van der Waals surface area contributed by atoms with Gasteiger partial charge in [-0.2, -0.15) is 5.10 Å². The van der Waals surface area contributed by atoms with Crippen LogP contribution in [0, 0.1) is 0 Å². The number of hydrogen-bond donors (Lipinski definition) is 2. The smallest absolute Gasteiger partial charge is 0.274 e. The predicted octanol–water partition coefficient (Wildman–Crippen LogP) is 3.68. The van der Waals surface area contributed by atoms with Gasteiger partial charge in [0.1, 0.15) is 17.6 Å². The van der Waals surface area contributed by atoms with Gasteiger partial charge in [-0.1, -0.05) is 51.1 Å². The second-order valence-electron chi connectivity index (χ2n) is 7.62. The molecule has 0 saturated heterocycles. The van der Waals surface area contributed by atoms with Gasteiger partial charge in [-0.25, -0.2) is 0 Å². The Morgan fingerprint density at radius 1 is 1.22 bits per heavy atom. The molecule has 0 spiro atoms. The minimum atomic E-state index is -0.909. The monoisotopic (exact) mass is 367 g/mol. The molecule has 0 fully saturated rings. The van der Waals surface area contributed by atoms with Gasteiger partial charge in [-0.15, -0.1) is 0 Å². The van der Waals surface area contributed by atoms with Crippen molar-refractivity contribution in [2.75, 3.05) is 6.54 Å². The summed E-state index contributed by atoms with van der Waals surface area (Å²) in [5.41, 5.74) is 2.06. The van der Waals surface area contributed by atoms with Crippen molar-refractivity contribution in [2.24, 2.45) is 0 Å². The third-order valence-corrected chi connectivity index (χ3v) is 4.37. The molecule has 0 saturated carbocycles. The normalized spacial score (nSPS) is 12.7. The molecule has 1 unspecified atom stereocenters. The number of rotatable bonds is 6. The molecule has 0 aliphatic carbocycles. The second-order valence-corrected chi connectivity index (χ2v) is 7.62. The fourth-order valence-corrected chi connectivity index (χ4v) is 2.78. The molecule has 3 rings (SSSR count). The Bertz CT molecular complexity index is 864. The van der Waals surface area contributed by atoms with Crippen molar-refractivity contribution in [1.29, 1.82) is 0 Å². The first-order valence-electron chi connectivity index (χ1n) is 8.95. The van der Waals surface area contributed by atoms with E-state index in [2.05, 4.69) is 31.0 Å². The maximum Gasteiger partial charge on any atom is 0.274 e. The van der Waals surface area contributed by atoms with Crippen LogP contribution in [0.3, 0.4) is 0 Å². The Kier molecular flexibility index (Phi) is 5.46. The fourth-order valence-electron chi connectivity index (χ4n) is 2.78. The summed E-state index contributed by atoms with van der Waals surface area (Å²) in [6.45, 7) is 6.64. The third kappa shape index (κ3) is 4.65. The highest BCUT2D eigenvalue weighted by molar-refractivity contribution is 5.92. The van der Waals surface area contributed by atoms with E-state index in [1.54, 1.807) is 23.1 Å². The summed E-state index contributed by atoms with van der Waals surface area (Å²) in [4.78, 5) is 14.7. The first kappa shape index (κ1) is 18.9. The molecular formula is C21H25N3O3. The van der Waals surface area contributed by atoms with Crippen molar-refractivity contribution in [3.63, 3.8) is 0 Å². The summed E-state index contributed by atoms with van der Waals surface area (Å²) >= 11 is 0. The lowest BCUT2D eigenvalue weighted by molar-refractivity contribution is 0.0558. The Morgan fingerprint density at radius 3 is 2.56 bits per heavy atom. The summed E-state index contributed by atoms with van der Waals surface area (Å²) in [6.07, 6.45) is 0.597. The maximum atomic E-state index is 13.1. The van der Waals surface area contributed by atoms with Gasteiger partial charge in [-0.3, -0.25) is 9.89 Å². The Labute approximate surface area is 158 Å². The zero-order valence-corrected chi connectivity index (χ0v) is 15.8. The van der Waals surface area contributed by atoms with Gasteiger partial charge in [-0.05, 0) is 23.8 Å². The molecule has 0 bridgehead atoms. The number of amides is 1. The number of carbonyl (C=O) groups excluding carboxylic acids is 1. The van der Waals surface area contributed by atoms with Crippen LogP contribution in [0.15, 0.2) is 59.2 Å². The van der Waals surface area contributed by atoms with Crippen molar-refractivity contribution in [3.8, 4) is 0 Å². The average molecular weight is 367 g/mol. The van der Waals surface area contributed by atoms with E-state index in [0.717, 1.165) is 11.3 Å². The van der Waals surface area contributed by atoms with Gasteiger partial charge >= 0.3 is 0 Å². The molecule has 1 aromatic carbocycles. The highest BCUT2D eigenvalue weighted by Gasteiger charge is 2.25. The van der Waals surface area contributed by atoms with Crippen molar-refractivity contribution in [2.45, 2.75) is 38.8 Å². The van der Waals surface area contributed by atoms with Gasteiger partial charge in [0.2, 0.25) is 0 Å². The van der Waals surface area contributed by atoms with Crippen LogP contribution in [0.4, 0.5) is 0 Å². The van der Waals surface area contributed by atoms with Crippen LogP contribution in [-0.4, -0.2) is 32.7 Å². The SMILES string of the molecule is CC(C)(C)c1cc(C(=O)N(Cc2ccccc2)CC(O)c2ccco2)n[nH]1. The summed E-state index contributed by atoms with van der Waals surface area (Å²) in [5, 5.41) is 17.6. The minimum Gasteiger partial charge on any atom is -0.467 e. The van der Waals surface area contributed by atoms with Crippen LogP contribution in [0.2, 0.25) is 0 Å². The van der Waals surface area contributed by atoms with Crippen LogP contribution < -0.4 is 0 Å². The lowest BCUT2D eigenvalue weighted by atomic mass is 9.92. The van der Waals surface area contributed by atoms with Crippen LogP contribution >= 0.6 is 0 Å². The number of hydrogen-bond acceptors (Lipinski definition) is 4. The molecule has 0 radical (unpaired) electrons.